The van der Waals surface area contributed by atoms with Crippen molar-refractivity contribution in [3.63, 3.8) is 0 Å². The predicted molar refractivity (Wildman–Crippen MR) is 119 cm³/mol. The maximum atomic E-state index is 12.7. The Morgan fingerprint density at radius 1 is 1.06 bits per heavy atom. The summed E-state index contributed by atoms with van der Waals surface area (Å²) in [6.07, 6.45) is -1.12. The summed E-state index contributed by atoms with van der Waals surface area (Å²) in [5.41, 5.74) is 6.40. The molecule has 1 heterocycles. The number of rotatable bonds is 8. The minimum atomic E-state index is -1.12. The van der Waals surface area contributed by atoms with Crippen LogP contribution in [0.2, 0.25) is 5.02 Å². The zero-order chi connectivity index (χ0) is 22.4. The monoisotopic (exact) mass is 458 g/mol. The Morgan fingerprint density at radius 2 is 1.77 bits per heavy atom. The third kappa shape index (κ3) is 5.62. The van der Waals surface area contributed by atoms with Gasteiger partial charge in [0.05, 0.1) is 5.56 Å². The molecule has 3 aromatic rings. The Balaban J connectivity index is 1.66. The minimum Gasteiger partial charge on any atom is -0.488 e. The third-order valence-corrected chi connectivity index (χ3v) is 5.47. The number of ether oxygens (including phenoxy) is 2. The molecule has 0 saturated carbocycles. The molecule has 2 aromatic carbocycles. The molecule has 0 radical (unpaired) electrons. The first-order valence-corrected chi connectivity index (χ1v) is 10.5. The number of para-hydroxylation sites is 1. The second-order valence-corrected chi connectivity index (χ2v) is 7.76. The van der Waals surface area contributed by atoms with Crippen molar-refractivity contribution in [2.45, 2.75) is 19.6 Å². The maximum absolute atomic E-state index is 12.7. The molecular formula is C22H19ClN2O5S. The average molecular weight is 459 g/mol. The zero-order valence-corrected chi connectivity index (χ0v) is 18.0. The molecule has 9 heteroatoms. The second-order valence-electron chi connectivity index (χ2n) is 6.44. The molecule has 0 saturated heterocycles. The number of amides is 2. The summed E-state index contributed by atoms with van der Waals surface area (Å²) >= 11 is 7.28. The van der Waals surface area contributed by atoms with Crippen molar-refractivity contribution < 1.29 is 23.9 Å². The Labute approximate surface area is 187 Å². The van der Waals surface area contributed by atoms with Crippen LogP contribution >= 0.6 is 22.9 Å². The number of esters is 1. The summed E-state index contributed by atoms with van der Waals surface area (Å²) < 4.78 is 11.1. The van der Waals surface area contributed by atoms with Crippen LogP contribution in [-0.2, 0) is 16.1 Å². The van der Waals surface area contributed by atoms with Crippen LogP contribution in [0, 0.1) is 0 Å². The van der Waals surface area contributed by atoms with Gasteiger partial charge in [-0.25, -0.2) is 4.79 Å². The van der Waals surface area contributed by atoms with Crippen molar-refractivity contribution in [3.8, 4) is 5.75 Å². The van der Waals surface area contributed by atoms with Gasteiger partial charge in [-0.3, -0.25) is 9.59 Å². The van der Waals surface area contributed by atoms with E-state index in [0.717, 1.165) is 16.9 Å². The third-order valence-electron chi connectivity index (χ3n) is 4.27. The van der Waals surface area contributed by atoms with Crippen LogP contribution in [0.4, 0.5) is 5.00 Å². The number of halogens is 1. The van der Waals surface area contributed by atoms with Crippen molar-refractivity contribution in [3.05, 3.63) is 81.7 Å². The van der Waals surface area contributed by atoms with Gasteiger partial charge in [-0.05, 0) is 36.6 Å². The van der Waals surface area contributed by atoms with E-state index in [9.17, 15) is 14.4 Å². The number of anilines is 1. The number of nitrogens with one attached hydrogen (secondary N) is 1. The lowest BCUT2D eigenvalue weighted by Crippen LogP contribution is -2.30. The highest BCUT2D eigenvalue weighted by atomic mass is 35.5. The predicted octanol–water partition coefficient (Wildman–Crippen LogP) is 4.26. The van der Waals surface area contributed by atoms with Gasteiger partial charge in [-0.1, -0.05) is 41.9 Å². The van der Waals surface area contributed by atoms with Gasteiger partial charge in [0.1, 0.15) is 22.9 Å². The summed E-state index contributed by atoms with van der Waals surface area (Å²) in [6.45, 7) is 1.59. The Kier molecular flexibility index (Phi) is 7.28. The van der Waals surface area contributed by atoms with Gasteiger partial charge in [0.25, 0.3) is 11.8 Å². The van der Waals surface area contributed by atoms with E-state index in [-0.39, 0.29) is 17.7 Å². The van der Waals surface area contributed by atoms with Crippen LogP contribution in [0.5, 0.6) is 5.75 Å². The summed E-state index contributed by atoms with van der Waals surface area (Å²) in [7, 11) is 0. The minimum absolute atomic E-state index is 0.161. The number of hydrogen-bond acceptors (Lipinski definition) is 6. The van der Waals surface area contributed by atoms with Crippen LogP contribution in [0.1, 0.15) is 33.2 Å². The number of carbonyl (C=O) groups excluding carboxylic acids is 3. The molecule has 0 aliphatic rings. The van der Waals surface area contributed by atoms with Crippen molar-refractivity contribution in [2.75, 3.05) is 5.32 Å². The SMILES string of the molecule is CC(OC(=O)c1ccccc1OCc1ccccc1Cl)C(=O)Nc1sccc1C(N)=O. The van der Waals surface area contributed by atoms with Gasteiger partial charge in [-0.2, -0.15) is 0 Å². The lowest BCUT2D eigenvalue weighted by molar-refractivity contribution is -0.123. The second kappa shape index (κ2) is 10.1. The Morgan fingerprint density at radius 3 is 2.52 bits per heavy atom. The molecular weight excluding hydrogens is 440 g/mol. The lowest BCUT2D eigenvalue weighted by Gasteiger charge is -2.15. The van der Waals surface area contributed by atoms with E-state index < -0.39 is 23.9 Å². The van der Waals surface area contributed by atoms with Gasteiger partial charge in [0.2, 0.25) is 0 Å². The summed E-state index contributed by atoms with van der Waals surface area (Å²) in [5, 5.41) is 5.02. The molecule has 1 unspecified atom stereocenters. The first-order valence-electron chi connectivity index (χ1n) is 9.21. The molecule has 0 fully saturated rings. The number of hydrogen-bond donors (Lipinski definition) is 2. The molecule has 0 spiro atoms. The number of carbonyl (C=O) groups is 3. The van der Waals surface area contributed by atoms with Crippen molar-refractivity contribution in [1.82, 2.24) is 0 Å². The molecule has 3 N–H and O–H groups in total. The molecule has 31 heavy (non-hydrogen) atoms. The highest BCUT2D eigenvalue weighted by molar-refractivity contribution is 7.14. The summed E-state index contributed by atoms with van der Waals surface area (Å²) in [6, 6.07) is 15.3. The van der Waals surface area contributed by atoms with E-state index in [1.54, 1.807) is 35.7 Å². The Hall–Kier alpha value is -3.36. The van der Waals surface area contributed by atoms with E-state index in [0.29, 0.717) is 15.8 Å². The molecule has 0 aliphatic carbocycles. The quantitative estimate of drug-likeness (QED) is 0.490. The molecule has 0 bridgehead atoms. The van der Waals surface area contributed by atoms with Crippen LogP contribution in [0.3, 0.4) is 0 Å². The van der Waals surface area contributed by atoms with Crippen LogP contribution < -0.4 is 15.8 Å². The fraction of sp³-hybridized carbons (Fsp3) is 0.136. The van der Waals surface area contributed by atoms with Crippen molar-refractivity contribution in [2.24, 2.45) is 5.73 Å². The Bertz CT molecular complexity index is 1110. The smallest absolute Gasteiger partial charge is 0.342 e. The molecule has 1 aromatic heterocycles. The van der Waals surface area contributed by atoms with Gasteiger partial charge in [-0.15, -0.1) is 11.3 Å². The van der Waals surface area contributed by atoms with E-state index in [4.69, 9.17) is 26.8 Å². The van der Waals surface area contributed by atoms with Crippen molar-refractivity contribution >= 4 is 45.7 Å². The van der Waals surface area contributed by atoms with E-state index in [1.807, 2.05) is 18.2 Å². The number of primary amides is 1. The first-order chi connectivity index (χ1) is 14.9. The largest absolute Gasteiger partial charge is 0.488 e. The fourth-order valence-electron chi connectivity index (χ4n) is 2.62. The molecule has 160 valence electrons. The first kappa shape index (κ1) is 22.3. The van der Waals surface area contributed by atoms with Gasteiger partial charge < -0.3 is 20.5 Å². The fourth-order valence-corrected chi connectivity index (χ4v) is 3.61. The molecule has 7 nitrogen and oxygen atoms in total. The standard InChI is InChI=1S/C22H19ClN2O5S/c1-13(20(27)25-21-16(19(24)26)10-11-31-21)30-22(28)15-7-3-5-9-18(15)29-12-14-6-2-4-8-17(14)23/h2-11,13H,12H2,1H3,(H2,24,26)(H,25,27). The number of benzene rings is 2. The summed E-state index contributed by atoms with van der Waals surface area (Å²) in [4.78, 5) is 36.5. The normalized spacial score (nSPS) is 11.4. The number of nitrogens with two attached hydrogens (primary N) is 1. The average Bonchev–Trinajstić information content (AvgIpc) is 3.21. The maximum Gasteiger partial charge on any atom is 0.342 e. The van der Waals surface area contributed by atoms with Crippen LogP contribution in [0.25, 0.3) is 0 Å². The molecule has 0 aliphatic heterocycles. The van der Waals surface area contributed by atoms with E-state index >= 15 is 0 Å². The van der Waals surface area contributed by atoms with E-state index in [1.165, 1.54) is 13.0 Å². The van der Waals surface area contributed by atoms with E-state index in [2.05, 4.69) is 5.32 Å². The van der Waals surface area contributed by atoms with Gasteiger partial charge in [0, 0.05) is 10.6 Å². The molecule has 2 amide bonds. The molecule has 1 atom stereocenters. The van der Waals surface area contributed by atoms with Gasteiger partial charge >= 0.3 is 5.97 Å². The lowest BCUT2D eigenvalue weighted by atomic mass is 10.2. The highest BCUT2D eigenvalue weighted by Gasteiger charge is 2.23. The highest BCUT2D eigenvalue weighted by Crippen LogP contribution is 2.25. The topological polar surface area (TPSA) is 108 Å². The zero-order valence-electron chi connectivity index (χ0n) is 16.5. The van der Waals surface area contributed by atoms with Crippen molar-refractivity contribution in [1.29, 1.82) is 0 Å². The van der Waals surface area contributed by atoms with Crippen LogP contribution in [-0.4, -0.2) is 23.9 Å². The van der Waals surface area contributed by atoms with Gasteiger partial charge in [0.15, 0.2) is 6.10 Å². The van der Waals surface area contributed by atoms with Crippen LogP contribution in [0.15, 0.2) is 60.0 Å². The molecule has 3 rings (SSSR count). The number of thiophene rings is 1. The summed E-state index contributed by atoms with van der Waals surface area (Å²) in [5.74, 6) is -1.67.